The fourth-order valence-electron chi connectivity index (χ4n) is 4.47. The molecule has 4 rings (SSSR count). The molecule has 1 N–H and O–H groups in total. The Balaban J connectivity index is 1.49. The van der Waals surface area contributed by atoms with Crippen molar-refractivity contribution in [3.63, 3.8) is 0 Å². The third-order valence-corrected chi connectivity index (χ3v) is 5.87. The van der Waals surface area contributed by atoms with Crippen LogP contribution in [-0.2, 0) is 4.79 Å². The van der Waals surface area contributed by atoms with Crippen LogP contribution in [0.25, 0.3) is 0 Å². The molecule has 0 aromatic carbocycles. The summed E-state index contributed by atoms with van der Waals surface area (Å²) in [6.07, 6.45) is 5.09. The molecule has 6 heteroatoms. The fraction of sp³-hybridized carbons (Fsp3) is 0.722. The van der Waals surface area contributed by atoms with Crippen LogP contribution < -0.4 is 5.56 Å². The van der Waals surface area contributed by atoms with Gasteiger partial charge in [-0.1, -0.05) is 0 Å². The third kappa shape index (κ3) is 2.88. The number of amides is 1. The van der Waals surface area contributed by atoms with E-state index in [0.29, 0.717) is 30.3 Å². The van der Waals surface area contributed by atoms with Gasteiger partial charge in [0, 0.05) is 43.4 Å². The number of nitrogens with one attached hydrogen (secondary N) is 1. The normalized spacial score (nSPS) is 29.4. The number of aryl methyl sites for hydroxylation is 1. The number of hydrogen-bond donors (Lipinski definition) is 1. The number of rotatable bonds is 3. The number of nitrogens with zero attached hydrogens (tertiary/aromatic N) is 3. The lowest BCUT2D eigenvalue weighted by atomic mass is 9.83. The van der Waals surface area contributed by atoms with Crippen molar-refractivity contribution in [3.05, 3.63) is 27.9 Å². The summed E-state index contributed by atoms with van der Waals surface area (Å²) >= 11 is 0. The first-order chi connectivity index (χ1) is 11.5. The molecule has 0 unspecified atom stereocenters. The minimum atomic E-state index is -0.0811. The van der Waals surface area contributed by atoms with Crippen LogP contribution in [0.3, 0.4) is 0 Å². The molecule has 6 nitrogen and oxygen atoms in total. The molecule has 1 saturated carbocycles. The Morgan fingerprint density at radius 2 is 2.04 bits per heavy atom. The topological polar surface area (TPSA) is 69.3 Å². The van der Waals surface area contributed by atoms with Gasteiger partial charge in [-0.15, -0.1) is 0 Å². The minimum absolute atomic E-state index is 0.0811. The van der Waals surface area contributed by atoms with Gasteiger partial charge < -0.3 is 9.88 Å². The molecule has 3 heterocycles. The van der Waals surface area contributed by atoms with Crippen molar-refractivity contribution in [3.8, 4) is 0 Å². The number of fused-ring (bicyclic) bond motifs is 1. The van der Waals surface area contributed by atoms with Crippen LogP contribution in [0.5, 0.6) is 0 Å². The van der Waals surface area contributed by atoms with Crippen LogP contribution in [-0.4, -0.2) is 50.8 Å². The van der Waals surface area contributed by atoms with Gasteiger partial charge in [-0.3, -0.25) is 14.5 Å². The van der Waals surface area contributed by atoms with Crippen LogP contribution in [0.4, 0.5) is 0 Å². The Morgan fingerprint density at radius 1 is 1.25 bits per heavy atom. The molecule has 1 aliphatic carbocycles. The highest BCUT2D eigenvalue weighted by molar-refractivity contribution is 5.78. The number of carbonyl (C=O) groups excluding carboxylic acids is 1. The van der Waals surface area contributed by atoms with Crippen molar-refractivity contribution in [1.82, 2.24) is 19.8 Å². The predicted octanol–water partition coefficient (Wildman–Crippen LogP) is 1.61. The highest BCUT2D eigenvalue weighted by Gasteiger charge is 2.45. The summed E-state index contributed by atoms with van der Waals surface area (Å²) in [6.45, 7) is 5.92. The van der Waals surface area contributed by atoms with Gasteiger partial charge in [0.05, 0.1) is 6.04 Å². The Labute approximate surface area is 142 Å². The quantitative estimate of drug-likeness (QED) is 0.914. The zero-order valence-corrected chi connectivity index (χ0v) is 14.5. The van der Waals surface area contributed by atoms with E-state index < -0.39 is 0 Å². The van der Waals surface area contributed by atoms with E-state index in [-0.39, 0.29) is 11.6 Å². The van der Waals surface area contributed by atoms with Crippen LogP contribution >= 0.6 is 0 Å². The van der Waals surface area contributed by atoms with Gasteiger partial charge in [0.2, 0.25) is 5.91 Å². The molecular weight excluding hydrogens is 304 g/mol. The van der Waals surface area contributed by atoms with E-state index in [9.17, 15) is 9.59 Å². The molecule has 2 aliphatic heterocycles. The molecule has 1 aromatic heterocycles. The summed E-state index contributed by atoms with van der Waals surface area (Å²) in [4.78, 5) is 36.1. The average molecular weight is 330 g/mol. The van der Waals surface area contributed by atoms with E-state index in [1.54, 1.807) is 0 Å². The summed E-state index contributed by atoms with van der Waals surface area (Å²) in [6, 6.07) is 2.57. The summed E-state index contributed by atoms with van der Waals surface area (Å²) in [5, 5.41) is 0. The van der Waals surface area contributed by atoms with Gasteiger partial charge in [0.25, 0.3) is 5.56 Å². The van der Waals surface area contributed by atoms with Crippen LogP contribution in [0, 0.1) is 12.8 Å². The maximum absolute atomic E-state index is 12.3. The van der Waals surface area contributed by atoms with Crippen molar-refractivity contribution in [1.29, 1.82) is 0 Å². The van der Waals surface area contributed by atoms with E-state index in [2.05, 4.69) is 26.7 Å². The van der Waals surface area contributed by atoms with Gasteiger partial charge >= 0.3 is 0 Å². The molecule has 0 bridgehead atoms. The summed E-state index contributed by atoms with van der Waals surface area (Å²) in [5.41, 5.74) is 0.682. The lowest BCUT2D eigenvalue weighted by Crippen LogP contribution is -2.57. The first-order valence-corrected chi connectivity index (χ1v) is 9.16. The lowest BCUT2D eigenvalue weighted by molar-refractivity contribution is -0.142. The number of piperidine rings is 2. The number of carbonyl (C=O) groups is 1. The van der Waals surface area contributed by atoms with Crippen LogP contribution in [0.2, 0.25) is 0 Å². The summed E-state index contributed by atoms with van der Waals surface area (Å²) in [5.74, 6) is 1.67. The van der Waals surface area contributed by atoms with Crippen molar-refractivity contribution in [2.75, 3.05) is 13.1 Å². The highest BCUT2D eigenvalue weighted by atomic mass is 16.2. The second-order valence-electron chi connectivity index (χ2n) is 7.63. The standard InChI is InChI=1S/C18H26N4O2/c1-11-9-16(23)20-18(19-11)12(2)21-8-7-15-13(10-21)3-6-17(24)22(15)14-4-5-14/h9,12-15H,3-8,10H2,1-2H3,(H,19,20,23)/t12-,13-,15+/m0/s1. The van der Waals surface area contributed by atoms with Crippen LogP contribution in [0.1, 0.15) is 56.6 Å². The fourth-order valence-corrected chi connectivity index (χ4v) is 4.47. The lowest BCUT2D eigenvalue weighted by Gasteiger charge is -2.48. The molecule has 3 fully saturated rings. The SMILES string of the molecule is Cc1cc(=O)[nH]c([C@H](C)N2CC[C@@H]3[C@@H](CCC(=O)N3C3CC3)C2)n1. The molecule has 24 heavy (non-hydrogen) atoms. The Hall–Kier alpha value is -1.69. The van der Waals surface area contributed by atoms with Crippen molar-refractivity contribution in [2.24, 2.45) is 5.92 Å². The highest BCUT2D eigenvalue weighted by Crippen LogP contribution is 2.40. The second kappa shape index (κ2) is 5.99. The number of hydrogen-bond acceptors (Lipinski definition) is 4. The molecule has 3 atom stereocenters. The number of likely N-dealkylation sites (tertiary alicyclic amines) is 2. The van der Waals surface area contributed by atoms with Crippen molar-refractivity contribution < 1.29 is 4.79 Å². The predicted molar refractivity (Wildman–Crippen MR) is 90.6 cm³/mol. The minimum Gasteiger partial charge on any atom is -0.336 e. The van der Waals surface area contributed by atoms with Crippen LogP contribution in [0.15, 0.2) is 10.9 Å². The van der Waals surface area contributed by atoms with E-state index in [1.165, 1.54) is 18.9 Å². The molecule has 0 spiro atoms. The Bertz CT molecular complexity index is 697. The second-order valence-corrected chi connectivity index (χ2v) is 7.63. The number of aromatic amines is 1. The van der Waals surface area contributed by atoms with Gasteiger partial charge in [-0.2, -0.15) is 0 Å². The van der Waals surface area contributed by atoms with Crippen molar-refractivity contribution in [2.45, 2.75) is 64.1 Å². The van der Waals surface area contributed by atoms with Gasteiger partial charge in [0.15, 0.2) is 0 Å². The first kappa shape index (κ1) is 15.8. The average Bonchev–Trinajstić information content (AvgIpc) is 3.37. The molecule has 0 radical (unpaired) electrons. The van der Waals surface area contributed by atoms with E-state index >= 15 is 0 Å². The number of H-pyrrole nitrogens is 1. The monoisotopic (exact) mass is 330 g/mol. The van der Waals surface area contributed by atoms with Gasteiger partial charge in [0.1, 0.15) is 5.82 Å². The van der Waals surface area contributed by atoms with E-state index in [0.717, 1.165) is 37.4 Å². The maximum Gasteiger partial charge on any atom is 0.251 e. The third-order valence-electron chi connectivity index (χ3n) is 5.87. The number of aromatic nitrogens is 2. The summed E-state index contributed by atoms with van der Waals surface area (Å²) < 4.78 is 0. The molecule has 3 aliphatic rings. The Morgan fingerprint density at radius 3 is 2.75 bits per heavy atom. The summed E-state index contributed by atoms with van der Waals surface area (Å²) in [7, 11) is 0. The first-order valence-electron chi connectivity index (χ1n) is 9.16. The van der Waals surface area contributed by atoms with Gasteiger partial charge in [-0.25, -0.2) is 4.98 Å². The maximum atomic E-state index is 12.3. The van der Waals surface area contributed by atoms with Gasteiger partial charge in [-0.05, 0) is 45.4 Å². The molecule has 1 amide bonds. The molecule has 2 saturated heterocycles. The largest absolute Gasteiger partial charge is 0.336 e. The smallest absolute Gasteiger partial charge is 0.251 e. The zero-order valence-electron chi connectivity index (χ0n) is 14.5. The molecular formula is C18H26N4O2. The Kier molecular flexibility index (Phi) is 3.95. The van der Waals surface area contributed by atoms with E-state index in [1.807, 2.05) is 6.92 Å². The molecule has 1 aromatic rings. The molecule has 130 valence electrons. The zero-order chi connectivity index (χ0) is 16.8. The van der Waals surface area contributed by atoms with Crippen molar-refractivity contribution >= 4 is 5.91 Å². The van der Waals surface area contributed by atoms with E-state index in [4.69, 9.17) is 0 Å².